The zero-order valence-corrected chi connectivity index (χ0v) is 20.5. The summed E-state index contributed by atoms with van der Waals surface area (Å²) in [4.78, 5) is 12.4. The van der Waals surface area contributed by atoms with Crippen LogP contribution in [0.25, 0.3) is 0 Å². The van der Waals surface area contributed by atoms with E-state index in [1.54, 1.807) is 0 Å². The van der Waals surface area contributed by atoms with Crippen molar-refractivity contribution in [2.75, 3.05) is 12.4 Å². The Morgan fingerprint density at radius 3 is 2.46 bits per heavy atom. The summed E-state index contributed by atoms with van der Waals surface area (Å²) in [5.74, 6) is -0.0469. The van der Waals surface area contributed by atoms with E-state index in [1.165, 1.54) is 19.3 Å². The summed E-state index contributed by atoms with van der Waals surface area (Å²) >= 11 is 0. The second-order valence-electron chi connectivity index (χ2n) is 10.1. The number of esters is 1. The number of benzene rings is 1. The Labute approximate surface area is 203 Å². The number of carbonyl (C=O) groups excluding carboxylic acids is 1. The average Bonchev–Trinajstić information content (AvgIpc) is 3.46. The third-order valence-electron chi connectivity index (χ3n) is 8.23. The molecule has 7 nitrogen and oxygen atoms in total. The van der Waals surface area contributed by atoms with Crippen molar-refractivity contribution in [1.29, 1.82) is 0 Å². The molecule has 0 radical (unpaired) electrons. The molecule has 196 valence electrons. The number of hydrogen-bond acceptors (Lipinski definition) is 7. The van der Waals surface area contributed by atoms with Crippen LogP contribution in [0.15, 0.2) is 18.2 Å². The van der Waals surface area contributed by atoms with E-state index in [9.17, 15) is 30.9 Å². The average molecular weight is 520 g/mol. The van der Waals surface area contributed by atoms with Crippen LogP contribution in [0.5, 0.6) is 11.5 Å². The third-order valence-corrected chi connectivity index (χ3v) is 8.90. The second-order valence-corrected chi connectivity index (χ2v) is 11.7. The van der Waals surface area contributed by atoms with E-state index in [4.69, 9.17) is 9.47 Å². The van der Waals surface area contributed by atoms with Gasteiger partial charge in [0.2, 0.25) is 0 Å². The molecule has 4 rings (SSSR count). The van der Waals surface area contributed by atoms with Gasteiger partial charge in [-0.15, -0.1) is 13.2 Å². The summed E-state index contributed by atoms with van der Waals surface area (Å²) in [6, 6.07) is 3.17. The van der Waals surface area contributed by atoms with Gasteiger partial charge in [-0.3, -0.25) is 0 Å². The van der Waals surface area contributed by atoms with Gasteiger partial charge in [-0.1, -0.05) is 13.3 Å². The summed E-state index contributed by atoms with van der Waals surface area (Å²) in [6.07, 6.45) is 1.35. The first-order chi connectivity index (χ1) is 16.3. The quantitative estimate of drug-likeness (QED) is 0.338. The molecule has 3 aliphatic carbocycles. The standard InChI is InChI=1S/C24H31F3O7S/c1-3-23(2,19-12-15-11-18(19)17-6-4-5-16(15)17)33-21-13-14(7-8-20(21)34-24(25,26)27)22(28)32-9-10-35(29,30)31/h7-8,13,15-19H,3-6,9-12H2,1-2H3,(H,29,30,31)/p-1. The Bertz CT molecular complexity index is 1060. The van der Waals surface area contributed by atoms with Crippen LogP contribution in [-0.2, 0) is 14.9 Å². The minimum Gasteiger partial charge on any atom is -0.748 e. The van der Waals surface area contributed by atoms with Gasteiger partial charge in [-0.2, -0.15) is 0 Å². The highest BCUT2D eigenvalue weighted by Gasteiger charge is 2.58. The van der Waals surface area contributed by atoms with Crippen LogP contribution in [0.1, 0.15) is 62.7 Å². The van der Waals surface area contributed by atoms with Crippen molar-refractivity contribution in [1.82, 2.24) is 0 Å². The van der Waals surface area contributed by atoms with Crippen LogP contribution >= 0.6 is 0 Å². The van der Waals surface area contributed by atoms with Crippen LogP contribution < -0.4 is 9.47 Å². The number of hydrogen-bond donors (Lipinski definition) is 0. The molecule has 2 bridgehead atoms. The van der Waals surface area contributed by atoms with Crippen LogP contribution in [0.4, 0.5) is 13.2 Å². The molecule has 0 heterocycles. The maximum Gasteiger partial charge on any atom is 0.573 e. The molecule has 0 N–H and O–H groups in total. The Balaban J connectivity index is 1.58. The van der Waals surface area contributed by atoms with Gasteiger partial charge >= 0.3 is 12.3 Å². The smallest absolute Gasteiger partial charge is 0.573 e. The van der Waals surface area contributed by atoms with E-state index in [1.807, 2.05) is 13.8 Å². The molecule has 0 aromatic heterocycles. The first-order valence-electron chi connectivity index (χ1n) is 12.0. The first kappa shape index (κ1) is 26.1. The Hall–Kier alpha value is -2.01. The van der Waals surface area contributed by atoms with Gasteiger partial charge in [0.1, 0.15) is 12.2 Å². The van der Waals surface area contributed by atoms with Crippen LogP contribution in [-0.4, -0.2) is 43.3 Å². The minimum atomic E-state index is -4.96. The largest absolute Gasteiger partial charge is 0.748 e. The van der Waals surface area contributed by atoms with Crippen molar-refractivity contribution < 1.29 is 45.1 Å². The Morgan fingerprint density at radius 1 is 1.09 bits per heavy atom. The molecule has 35 heavy (non-hydrogen) atoms. The lowest BCUT2D eigenvalue weighted by Crippen LogP contribution is -2.45. The normalized spacial score (nSPS) is 29.5. The van der Waals surface area contributed by atoms with Crippen molar-refractivity contribution in [3.8, 4) is 11.5 Å². The third kappa shape index (κ3) is 5.71. The van der Waals surface area contributed by atoms with E-state index in [0.29, 0.717) is 24.2 Å². The predicted molar refractivity (Wildman–Crippen MR) is 118 cm³/mol. The van der Waals surface area contributed by atoms with Crippen molar-refractivity contribution in [3.63, 3.8) is 0 Å². The number of fused-ring (bicyclic) bond motifs is 5. The fourth-order valence-corrected chi connectivity index (χ4v) is 6.96. The molecule has 0 spiro atoms. The van der Waals surface area contributed by atoms with E-state index in [0.717, 1.165) is 37.0 Å². The van der Waals surface area contributed by atoms with Gasteiger partial charge < -0.3 is 18.8 Å². The predicted octanol–water partition coefficient (Wildman–Crippen LogP) is 4.91. The molecule has 0 amide bonds. The molecule has 6 atom stereocenters. The van der Waals surface area contributed by atoms with Gasteiger partial charge in [-0.05, 0) is 80.9 Å². The van der Waals surface area contributed by atoms with Gasteiger partial charge in [0.15, 0.2) is 11.5 Å². The van der Waals surface area contributed by atoms with Crippen molar-refractivity contribution in [2.24, 2.45) is 29.6 Å². The van der Waals surface area contributed by atoms with Crippen LogP contribution in [0.2, 0.25) is 0 Å². The van der Waals surface area contributed by atoms with Crippen molar-refractivity contribution in [2.45, 2.75) is 64.3 Å². The molecule has 1 aromatic carbocycles. The van der Waals surface area contributed by atoms with E-state index < -0.39 is 46.2 Å². The zero-order chi connectivity index (χ0) is 25.6. The summed E-state index contributed by atoms with van der Waals surface area (Å²) in [6.45, 7) is 3.18. The molecule has 3 aliphatic rings. The highest BCUT2D eigenvalue weighted by Crippen LogP contribution is 2.63. The van der Waals surface area contributed by atoms with Gasteiger partial charge in [0, 0.05) is 5.92 Å². The summed E-state index contributed by atoms with van der Waals surface area (Å²) in [7, 11) is -4.58. The SMILES string of the molecule is CCC(C)(Oc1cc(C(=O)OCCS(=O)(=O)[O-])ccc1OC(F)(F)F)C1CC2CC1C1CCCC21. The van der Waals surface area contributed by atoms with Gasteiger partial charge in [0.25, 0.3) is 0 Å². The monoisotopic (exact) mass is 519 g/mol. The molecule has 0 aliphatic heterocycles. The number of rotatable bonds is 9. The molecule has 11 heteroatoms. The highest BCUT2D eigenvalue weighted by molar-refractivity contribution is 7.85. The topological polar surface area (TPSA) is 102 Å². The lowest BCUT2D eigenvalue weighted by molar-refractivity contribution is -0.275. The van der Waals surface area contributed by atoms with Gasteiger partial charge in [0.05, 0.1) is 21.4 Å². The summed E-state index contributed by atoms with van der Waals surface area (Å²) < 4.78 is 86.7. The van der Waals surface area contributed by atoms with E-state index in [-0.39, 0.29) is 17.2 Å². The van der Waals surface area contributed by atoms with Crippen molar-refractivity contribution in [3.05, 3.63) is 23.8 Å². The van der Waals surface area contributed by atoms with Gasteiger partial charge in [-0.25, -0.2) is 13.2 Å². The first-order valence-corrected chi connectivity index (χ1v) is 13.6. The number of ether oxygens (including phenoxy) is 3. The van der Waals surface area contributed by atoms with E-state index in [2.05, 4.69) is 4.74 Å². The molecule has 3 fully saturated rings. The lowest BCUT2D eigenvalue weighted by atomic mass is 9.68. The Morgan fingerprint density at radius 2 is 1.80 bits per heavy atom. The maximum absolute atomic E-state index is 13.1. The number of carbonyl (C=O) groups is 1. The molecular formula is C24H30F3O7S-. The van der Waals surface area contributed by atoms with E-state index >= 15 is 0 Å². The lowest BCUT2D eigenvalue weighted by Gasteiger charge is -2.43. The molecule has 0 saturated heterocycles. The fourth-order valence-electron chi connectivity index (χ4n) is 6.68. The minimum absolute atomic E-state index is 0.139. The van der Waals surface area contributed by atoms with Crippen LogP contribution in [0, 0.1) is 29.6 Å². The highest BCUT2D eigenvalue weighted by atomic mass is 32.2. The molecule has 3 saturated carbocycles. The molecule has 6 unspecified atom stereocenters. The molecular weight excluding hydrogens is 489 g/mol. The number of halogens is 3. The number of alkyl halides is 3. The zero-order valence-electron chi connectivity index (χ0n) is 19.7. The summed E-state index contributed by atoms with van der Waals surface area (Å²) in [5.41, 5.74) is -0.907. The molecule has 1 aromatic rings. The fraction of sp³-hybridized carbons (Fsp3) is 0.708. The summed E-state index contributed by atoms with van der Waals surface area (Å²) in [5, 5.41) is 0. The van der Waals surface area contributed by atoms with Crippen LogP contribution in [0.3, 0.4) is 0 Å². The second kappa shape index (κ2) is 9.46. The van der Waals surface area contributed by atoms with Crippen molar-refractivity contribution >= 4 is 16.1 Å². The maximum atomic E-state index is 13.1. The Kier molecular flexibility index (Phi) is 7.04.